The number of rotatable bonds is 3. The molecule has 1 saturated heterocycles. The number of phenols is 1. The highest BCUT2D eigenvalue weighted by Gasteiger charge is 2.38. The van der Waals surface area contributed by atoms with E-state index < -0.39 is 22.3 Å². The maximum Gasteiger partial charge on any atom is 0.286 e. The van der Waals surface area contributed by atoms with E-state index in [1.165, 1.54) is 12.1 Å². The first kappa shape index (κ1) is 13.4. The molecule has 7 heteroatoms. The van der Waals surface area contributed by atoms with Gasteiger partial charge in [0.1, 0.15) is 11.0 Å². The predicted molar refractivity (Wildman–Crippen MR) is 70.8 cm³/mol. The van der Waals surface area contributed by atoms with E-state index in [1.54, 1.807) is 19.1 Å². The Morgan fingerprint density at radius 1 is 1.37 bits per heavy atom. The van der Waals surface area contributed by atoms with Crippen molar-refractivity contribution in [2.75, 3.05) is 5.32 Å². The highest BCUT2D eigenvalue weighted by atomic mass is 32.2. The number of thioether (sulfide) groups is 1. The molecule has 0 spiro atoms. The van der Waals surface area contributed by atoms with Gasteiger partial charge in [-0.3, -0.25) is 19.7 Å². The third kappa shape index (κ3) is 3.05. The van der Waals surface area contributed by atoms with E-state index in [2.05, 4.69) is 10.6 Å². The van der Waals surface area contributed by atoms with Crippen LogP contribution in [0.2, 0.25) is 0 Å². The van der Waals surface area contributed by atoms with Crippen molar-refractivity contribution in [1.82, 2.24) is 5.32 Å². The second-order valence-corrected chi connectivity index (χ2v) is 5.25. The van der Waals surface area contributed by atoms with Crippen molar-refractivity contribution in [3.05, 3.63) is 24.3 Å². The molecule has 3 N–H and O–H groups in total. The summed E-state index contributed by atoms with van der Waals surface area (Å²) < 4.78 is 0. The van der Waals surface area contributed by atoms with Crippen molar-refractivity contribution >= 4 is 34.5 Å². The molecule has 100 valence electrons. The van der Waals surface area contributed by atoms with Crippen LogP contribution in [0.25, 0.3) is 0 Å². The van der Waals surface area contributed by atoms with Crippen LogP contribution in [0.1, 0.15) is 6.92 Å². The fourth-order valence-electron chi connectivity index (χ4n) is 1.64. The molecule has 0 aliphatic carbocycles. The van der Waals surface area contributed by atoms with E-state index in [4.69, 9.17) is 5.11 Å². The van der Waals surface area contributed by atoms with Crippen LogP contribution in [0.15, 0.2) is 24.3 Å². The van der Waals surface area contributed by atoms with Crippen LogP contribution < -0.4 is 10.6 Å². The molecule has 0 radical (unpaired) electrons. The second-order valence-electron chi connectivity index (χ2n) is 4.14. The third-order valence-corrected chi connectivity index (χ3v) is 3.91. The first-order valence-corrected chi connectivity index (χ1v) is 6.46. The molecule has 1 aromatic carbocycles. The van der Waals surface area contributed by atoms with Crippen molar-refractivity contribution in [3.63, 3.8) is 0 Å². The maximum absolute atomic E-state index is 12.0. The number of hydrogen-bond donors (Lipinski definition) is 3. The zero-order valence-corrected chi connectivity index (χ0v) is 10.9. The molecule has 2 atom stereocenters. The Morgan fingerprint density at radius 2 is 2.00 bits per heavy atom. The summed E-state index contributed by atoms with van der Waals surface area (Å²) in [7, 11) is 0. The molecular formula is C12H12N2O4S. The molecule has 6 nitrogen and oxygen atoms in total. The number of amides is 3. The van der Waals surface area contributed by atoms with Gasteiger partial charge in [-0.25, -0.2) is 0 Å². The number of hydrogen-bond acceptors (Lipinski definition) is 5. The summed E-state index contributed by atoms with van der Waals surface area (Å²) in [6.07, 6.45) is 0. The first-order valence-electron chi connectivity index (χ1n) is 5.59. The van der Waals surface area contributed by atoms with Gasteiger partial charge in [0, 0.05) is 5.69 Å². The lowest BCUT2D eigenvalue weighted by Gasteiger charge is -2.15. The van der Waals surface area contributed by atoms with Crippen molar-refractivity contribution in [2.45, 2.75) is 12.2 Å². The molecule has 2 unspecified atom stereocenters. The van der Waals surface area contributed by atoms with Crippen LogP contribution in [0.5, 0.6) is 5.75 Å². The van der Waals surface area contributed by atoms with Gasteiger partial charge in [0.15, 0.2) is 0 Å². The van der Waals surface area contributed by atoms with Crippen LogP contribution >= 0.6 is 11.8 Å². The summed E-state index contributed by atoms with van der Waals surface area (Å²) in [4.78, 5) is 34.5. The summed E-state index contributed by atoms with van der Waals surface area (Å²) >= 11 is 0.823. The minimum absolute atomic E-state index is 0.0994. The topological polar surface area (TPSA) is 95.5 Å². The third-order valence-electron chi connectivity index (χ3n) is 2.72. The smallest absolute Gasteiger partial charge is 0.286 e. The van der Waals surface area contributed by atoms with Crippen molar-refractivity contribution in [1.29, 1.82) is 0 Å². The van der Waals surface area contributed by atoms with Gasteiger partial charge in [0.25, 0.3) is 5.24 Å². The fourth-order valence-corrected chi connectivity index (χ4v) is 2.52. The van der Waals surface area contributed by atoms with E-state index >= 15 is 0 Å². The van der Waals surface area contributed by atoms with Gasteiger partial charge in [-0.1, -0.05) is 18.7 Å². The van der Waals surface area contributed by atoms with Crippen LogP contribution in [0.3, 0.4) is 0 Å². The van der Waals surface area contributed by atoms with Gasteiger partial charge < -0.3 is 10.4 Å². The summed E-state index contributed by atoms with van der Waals surface area (Å²) in [6, 6.07) is 5.99. The summed E-state index contributed by atoms with van der Waals surface area (Å²) in [5.41, 5.74) is 0.518. The highest BCUT2D eigenvalue weighted by molar-refractivity contribution is 8.15. The molecule has 1 aliphatic rings. The SMILES string of the molecule is CC(C(=O)Nc1ccc(O)cc1)C1SC(=O)NC1=O. The average molecular weight is 280 g/mol. The zero-order valence-electron chi connectivity index (χ0n) is 10.0. The number of benzene rings is 1. The summed E-state index contributed by atoms with van der Waals surface area (Å²) in [6.45, 7) is 1.59. The van der Waals surface area contributed by atoms with Crippen molar-refractivity contribution < 1.29 is 19.5 Å². The van der Waals surface area contributed by atoms with Crippen molar-refractivity contribution in [3.8, 4) is 5.75 Å². The number of carbonyl (C=O) groups is 3. The lowest BCUT2D eigenvalue weighted by Crippen LogP contribution is -2.35. The zero-order chi connectivity index (χ0) is 14.0. The van der Waals surface area contributed by atoms with Crippen molar-refractivity contribution in [2.24, 2.45) is 5.92 Å². The molecule has 0 saturated carbocycles. The van der Waals surface area contributed by atoms with Gasteiger partial charge in [-0.2, -0.15) is 0 Å². The summed E-state index contributed by atoms with van der Waals surface area (Å²) in [5.74, 6) is -1.33. The molecule has 0 bridgehead atoms. The van der Waals surface area contributed by atoms with E-state index in [0.717, 1.165) is 11.8 Å². The quantitative estimate of drug-likeness (QED) is 0.726. The Kier molecular flexibility index (Phi) is 3.75. The van der Waals surface area contributed by atoms with Gasteiger partial charge in [-0.15, -0.1) is 0 Å². The molecule has 0 aromatic heterocycles. The van der Waals surface area contributed by atoms with E-state index in [0.29, 0.717) is 5.69 Å². The first-order chi connectivity index (χ1) is 8.97. The minimum atomic E-state index is -0.704. The van der Waals surface area contributed by atoms with Crippen LogP contribution in [-0.4, -0.2) is 27.4 Å². The molecule has 1 aliphatic heterocycles. The molecule has 19 heavy (non-hydrogen) atoms. The number of carbonyl (C=O) groups excluding carboxylic acids is 3. The fraction of sp³-hybridized carbons (Fsp3) is 0.250. The van der Waals surface area contributed by atoms with Gasteiger partial charge >= 0.3 is 0 Å². The van der Waals surface area contributed by atoms with Gasteiger partial charge in [-0.05, 0) is 24.3 Å². The molecule has 2 rings (SSSR count). The standard InChI is InChI=1S/C12H12N2O4S/c1-6(9-11(17)14-12(18)19-9)10(16)13-7-2-4-8(15)5-3-7/h2-6,9,15H,1H3,(H,13,16)(H,14,17,18). The Labute approximate surface area is 113 Å². The average Bonchev–Trinajstić information content (AvgIpc) is 2.70. The highest BCUT2D eigenvalue weighted by Crippen LogP contribution is 2.27. The molecule has 1 aromatic rings. The van der Waals surface area contributed by atoms with Crippen LogP contribution in [0.4, 0.5) is 10.5 Å². The maximum atomic E-state index is 12.0. The molecule has 3 amide bonds. The Morgan fingerprint density at radius 3 is 2.53 bits per heavy atom. The minimum Gasteiger partial charge on any atom is -0.508 e. The largest absolute Gasteiger partial charge is 0.508 e. The second kappa shape index (κ2) is 5.31. The Bertz CT molecular complexity index is 529. The lowest BCUT2D eigenvalue weighted by molar-refractivity contribution is -0.125. The molecule has 1 heterocycles. The van der Waals surface area contributed by atoms with Crippen LogP contribution in [0, 0.1) is 5.92 Å². The van der Waals surface area contributed by atoms with E-state index in [1.807, 2.05) is 0 Å². The lowest BCUT2D eigenvalue weighted by atomic mass is 10.1. The Balaban J connectivity index is 2.01. The van der Waals surface area contributed by atoms with E-state index in [-0.39, 0.29) is 11.7 Å². The van der Waals surface area contributed by atoms with E-state index in [9.17, 15) is 14.4 Å². The van der Waals surface area contributed by atoms with Gasteiger partial charge in [0.2, 0.25) is 11.8 Å². The summed E-state index contributed by atoms with van der Waals surface area (Å²) in [5, 5.41) is 12.8. The number of anilines is 1. The molecular weight excluding hydrogens is 268 g/mol. The number of phenolic OH excluding ortho intramolecular Hbond substituents is 1. The number of nitrogens with one attached hydrogen (secondary N) is 2. The number of aromatic hydroxyl groups is 1. The monoisotopic (exact) mass is 280 g/mol. The number of imide groups is 1. The normalized spacial score (nSPS) is 19.9. The Hall–Kier alpha value is -2.02. The predicted octanol–water partition coefficient (Wildman–Crippen LogP) is 1.32. The van der Waals surface area contributed by atoms with Gasteiger partial charge in [0.05, 0.1) is 5.92 Å². The molecule has 1 fully saturated rings. The van der Waals surface area contributed by atoms with Crippen LogP contribution in [-0.2, 0) is 9.59 Å².